The maximum Gasteiger partial charge on any atom is 0.115 e. The molecule has 0 saturated heterocycles. The molecule has 0 atom stereocenters. The number of nitriles is 1. The van der Waals surface area contributed by atoms with Crippen molar-refractivity contribution < 1.29 is 0 Å². The minimum atomic E-state index is 0.493. The molecule has 0 N–H and O–H groups in total. The minimum absolute atomic E-state index is 0.493. The maximum atomic E-state index is 8.21. The lowest BCUT2D eigenvalue weighted by molar-refractivity contribution is 1.15. The lowest BCUT2D eigenvalue weighted by atomic mass is 10.4. The van der Waals surface area contributed by atoms with Gasteiger partial charge in [0.25, 0.3) is 0 Å². The highest BCUT2D eigenvalue weighted by Gasteiger charge is 1.82. The van der Waals surface area contributed by atoms with E-state index in [1.807, 2.05) is 19.9 Å². The van der Waals surface area contributed by atoms with Crippen molar-refractivity contribution in [3.05, 3.63) is 24.3 Å². The summed E-state index contributed by atoms with van der Waals surface area (Å²) in [6.45, 7) is 4.00. The van der Waals surface area contributed by atoms with Crippen LogP contribution in [0, 0.1) is 11.3 Å². The molecular weight excluding hydrogens is 126 g/mol. The summed E-state index contributed by atoms with van der Waals surface area (Å²) in [5.41, 5.74) is 0.493. The molecule has 1 heterocycles. The van der Waals surface area contributed by atoms with Gasteiger partial charge in [0.05, 0.1) is 5.56 Å². The zero-order valence-electron chi connectivity index (χ0n) is 6.07. The van der Waals surface area contributed by atoms with Crippen LogP contribution in [0.5, 0.6) is 0 Å². The van der Waals surface area contributed by atoms with Gasteiger partial charge in [-0.15, -0.1) is 0 Å². The molecule has 3 nitrogen and oxygen atoms in total. The van der Waals surface area contributed by atoms with E-state index in [-0.39, 0.29) is 0 Å². The minimum Gasteiger partial charge on any atom is -0.243 e. The van der Waals surface area contributed by atoms with E-state index >= 15 is 0 Å². The first-order valence-electron chi connectivity index (χ1n) is 3.08. The summed E-state index contributed by atoms with van der Waals surface area (Å²) in [5, 5.41) is 8.21. The largest absolute Gasteiger partial charge is 0.243 e. The van der Waals surface area contributed by atoms with Crippen LogP contribution in [0.15, 0.2) is 18.7 Å². The molecule has 0 unspecified atom stereocenters. The van der Waals surface area contributed by atoms with E-state index in [2.05, 4.69) is 9.97 Å². The normalized spacial score (nSPS) is 6.90. The fourth-order valence-electron chi connectivity index (χ4n) is 0.357. The van der Waals surface area contributed by atoms with Crippen LogP contribution >= 0.6 is 0 Å². The predicted molar refractivity (Wildman–Crippen MR) is 38.1 cm³/mol. The van der Waals surface area contributed by atoms with Gasteiger partial charge in [0.15, 0.2) is 0 Å². The van der Waals surface area contributed by atoms with E-state index in [4.69, 9.17) is 5.26 Å². The molecule has 0 aromatic carbocycles. The Balaban J connectivity index is 0.000000371. The monoisotopic (exact) mass is 135 g/mol. The first kappa shape index (κ1) is 8.57. The second kappa shape index (κ2) is 5.70. The van der Waals surface area contributed by atoms with Crippen LogP contribution in [-0.4, -0.2) is 9.97 Å². The quantitative estimate of drug-likeness (QED) is 0.540. The first-order valence-corrected chi connectivity index (χ1v) is 3.08. The molecule has 1 aromatic rings. The van der Waals surface area contributed by atoms with Gasteiger partial charge in [0.1, 0.15) is 12.4 Å². The van der Waals surface area contributed by atoms with E-state index in [0.29, 0.717) is 5.56 Å². The van der Waals surface area contributed by atoms with E-state index in [1.54, 1.807) is 0 Å². The first-order chi connectivity index (χ1) is 4.93. The van der Waals surface area contributed by atoms with Gasteiger partial charge in [-0.1, -0.05) is 13.8 Å². The van der Waals surface area contributed by atoms with Crippen molar-refractivity contribution in [2.45, 2.75) is 13.8 Å². The second-order valence-electron chi connectivity index (χ2n) is 1.24. The third-order valence-electron chi connectivity index (χ3n) is 0.690. The fraction of sp³-hybridized carbons (Fsp3) is 0.286. The molecule has 0 spiro atoms. The highest BCUT2D eigenvalue weighted by Crippen LogP contribution is 1.85. The molecule has 0 aliphatic rings. The van der Waals surface area contributed by atoms with Crippen molar-refractivity contribution in [3.8, 4) is 6.07 Å². The molecule has 0 aliphatic heterocycles. The number of aromatic nitrogens is 2. The summed E-state index contributed by atoms with van der Waals surface area (Å²) in [5.74, 6) is 0. The van der Waals surface area contributed by atoms with Crippen LogP contribution in [0.4, 0.5) is 0 Å². The summed E-state index contributed by atoms with van der Waals surface area (Å²) < 4.78 is 0. The van der Waals surface area contributed by atoms with Gasteiger partial charge in [-0.25, -0.2) is 9.97 Å². The Morgan fingerprint density at radius 1 is 1.30 bits per heavy atom. The topological polar surface area (TPSA) is 49.6 Å². The molecule has 10 heavy (non-hydrogen) atoms. The molecule has 1 rings (SSSR count). The van der Waals surface area contributed by atoms with E-state index in [1.165, 1.54) is 18.7 Å². The third-order valence-corrected chi connectivity index (χ3v) is 0.690. The third kappa shape index (κ3) is 2.78. The van der Waals surface area contributed by atoms with E-state index in [0.717, 1.165) is 0 Å². The van der Waals surface area contributed by atoms with Gasteiger partial charge >= 0.3 is 0 Å². The highest BCUT2D eigenvalue weighted by molar-refractivity contribution is 5.20. The average Bonchev–Trinajstić information content (AvgIpc) is 2.10. The van der Waals surface area contributed by atoms with Crippen molar-refractivity contribution in [1.82, 2.24) is 9.97 Å². The molecule has 0 fully saturated rings. The van der Waals surface area contributed by atoms with Crippen LogP contribution in [0.2, 0.25) is 0 Å². The van der Waals surface area contributed by atoms with E-state index in [9.17, 15) is 0 Å². The summed E-state index contributed by atoms with van der Waals surface area (Å²) in [6.07, 6.45) is 4.32. The summed E-state index contributed by atoms with van der Waals surface area (Å²) >= 11 is 0. The van der Waals surface area contributed by atoms with Crippen molar-refractivity contribution in [2.75, 3.05) is 0 Å². The van der Waals surface area contributed by atoms with E-state index < -0.39 is 0 Å². The zero-order chi connectivity index (χ0) is 7.82. The van der Waals surface area contributed by atoms with Gasteiger partial charge in [-0.05, 0) is 0 Å². The Labute approximate surface area is 60.4 Å². The molecule has 0 amide bonds. The molecular formula is C7H9N3. The predicted octanol–water partition coefficient (Wildman–Crippen LogP) is 1.37. The summed E-state index contributed by atoms with van der Waals surface area (Å²) in [4.78, 5) is 7.24. The van der Waals surface area contributed by atoms with Crippen LogP contribution in [0.3, 0.4) is 0 Å². The molecule has 0 radical (unpaired) electrons. The van der Waals surface area contributed by atoms with Gasteiger partial charge in [0.2, 0.25) is 0 Å². The second-order valence-corrected chi connectivity index (χ2v) is 1.24. The standard InChI is InChI=1S/C5H3N3.C2H6/c6-1-5-2-7-4-8-3-5;1-2/h2-4H;1-2H3. The Morgan fingerprint density at radius 2 is 1.80 bits per heavy atom. The number of hydrogen-bond donors (Lipinski definition) is 0. The Kier molecular flexibility index (Phi) is 4.89. The van der Waals surface area contributed by atoms with Crippen molar-refractivity contribution in [1.29, 1.82) is 5.26 Å². The number of rotatable bonds is 0. The molecule has 1 aromatic heterocycles. The maximum absolute atomic E-state index is 8.21. The Morgan fingerprint density at radius 3 is 2.10 bits per heavy atom. The smallest absolute Gasteiger partial charge is 0.115 e. The molecule has 52 valence electrons. The lowest BCUT2D eigenvalue weighted by Crippen LogP contribution is -1.77. The van der Waals surface area contributed by atoms with Gasteiger partial charge < -0.3 is 0 Å². The zero-order valence-corrected chi connectivity index (χ0v) is 6.07. The average molecular weight is 135 g/mol. The highest BCUT2D eigenvalue weighted by atomic mass is 14.8. The fourth-order valence-corrected chi connectivity index (χ4v) is 0.357. The van der Waals surface area contributed by atoms with Crippen LogP contribution < -0.4 is 0 Å². The van der Waals surface area contributed by atoms with Crippen molar-refractivity contribution in [3.63, 3.8) is 0 Å². The Bertz CT molecular complexity index is 200. The van der Waals surface area contributed by atoms with Crippen molar-refractivity contribution >= 4 is 0 Å². The molecule has 0 saturated carbocycles. The number of nitrogens with zero attached hydrogens (tertiary/aromatic N) is 3. The van der Waals surface area contributed by atoms with Crippen LogP contribution in [-0.2, 0) is 0 Å². The summed E-state index contributed by atoms with van der Waals surface area (Å²) in [7, 11) is 0. The summed E-state index contributed by atoms with van der Waals surface area (Å²) in [6, 6.07) is 1.90. The Hall–Kier alpha value is -1.43. The van der Waals surface area contributed by atoms with Gasteiger partial charge in [0, 0.05) is 12.4 Å². The molecule has 0 bridgehead atoms. The molecule has 3 heteroatoms. The SMILES string of the molecule is CC.N#Cc1cncnc1. The van der Waals surface area contributed by atoms with Gasteiger partial charge in [-0.2, -0.15) is 5.26 Å². The van der Waals surface area contributed by atoms with Crippen LogP contribution in [0.25, 0.3) is 0 Å². The number of hydrogen-bond acceptors (Lipinski definition) is 3. The van der Waals surface area contributed by atoms with Gasteiger partial charge in [-0.3, -0.25) is 0 Å². The van der Waals surface area contributed by atoms with Crippen LogP contribution in [0.1, 0.15) is 19.4 Å². The lowest BCUT2D eigenvalue weighted by Gasteiger charge is -1.79. The van der Waals surface area contributed by atoms with Crippen molar-refractivity contribution in [2.24, 2.45) is 0 Å². The molecule has 0 aliphatic carbocycles.